The molecule has 0 spiro atoms. The third kappa shape index (κ3) is 81.0. The van der Waals surface area contributed by atoms with Crippen molar-refractivity contribution in [3.05, 3.63) is 207 Å². The number of phosphoric ester groups is 2. The predicted molar refractivity (Wildman–Crippen MR) is 444 cm³/mol. The minimum Gasteiger partial charge on any atom is -0.463 e. The second-order valence-corrected chi connectivity index (χ2v) is 29.0. The van der Waals surface area contributed by atoms with E-state index >= 15 is 0 Å². The second kappa shape index (κ2) is 79.7. The van der Waals surface area contributed by atoms with E-state index in [1.165, 1.54) is 25.7 Å². The van der Waals surface area contributed by atoms with Crippen molar-refractivity contribution >= 4 is 33.6 Å². The Morgan fingerprint density at radius 2 is 0.477 bits per heavy atom. The van der Waals surface area contributed by atoms with E-state index in [9.17, 15) is 43.5 Å². The summed E-state index contributed by atoms with van der Waals surface area (Å²) in [5, 5.41) is 20.7. The van der Waals surface area contributed by atoms with Gasteiger partial charge in [0.25, 0.3) is 0 Å². The van der Waals surface area contributed by atoms with E-state index in [0.29, 0.717) is 25.7 Å². The Morgan fingerprint density at radius 3 is 0.766 bits per heavy atom. The zero-order chi connectivity index (χ0) is 78.0. The first-order valence-electron chi connectivity index (χ1n) is 40.4. The van der Waals surface area contributed by atoms with Gasteiger partial charge in [0.15, 0.2) is 6.10 Å². The number of hydrogen-bond donors (Lipinski definition) is 4. The van der Waals surface area contributed by atoms with Crippen molar-refractivity contribution < 1.29 is 75.8 Å². The summed E-state index contributed by atoms with van der Waals surface area (Å²) in [6.07, 6.45) is 106. The number of rotatable bonds is 74. The maximum atomic E-state index is 13.0. The molecule has 0 rings (SSSR count). The number of ether oxygens (including phenoxy) is 3. The van der Waals surface area contributed by atoms with Crippen LogP contribution < -0.4 is 0 Å². The minimum atomic E-state index is -4.96. The van der Waals surface area contributed by atoms with Crippen molar-refractivity contribution in [1.82, 2.24) is 0 Å². The van der Waals surface area contributed by atoms with E-state index < -0.39 is 91.5 Å². The van der Waals surface area contributed by atoms with Crippen molar-refractivity contribution in [1.29, 1.82) is 0 Å². The Balaban J connectivity index is 4.69. The SMILES string of the molecule is CC/C=C\C/C=C\C/C=C\C/C=C\C/C=C\C/C=C\CCCCCCCCCCC(=O)OCC(O)COP(=O)(O)OCC(O)COP(=O)(O)OCC(COC(=O)CCCCCCCCCC/C=C\C/C=C\C/C=C\C/C=C\C/C=C\C/C=C\CC)OC(=O)CCC/C=C\C/C=C\C/C=C\C/C=C\C/C=C\CC. The Bertz CT molecular complexity index is 2770. The number of allylic oxidation sites excluding steroid dienone is 34. The summed E-state index contributed by atoms with van der Waals surface area (Å²) in [6, 6.07) is 0. The molecule has 4 N–H and O–H groups in total. The summed E-state index contributed by atoms with van der Waals surface area (Å²) in [5.74, 6) is -1.68. The van der Waals surface area contributed by atoms with Gasteiger partial charge in [0.05, 0.1) is 26.4 Å². The lowest BCUT2D eigenvalue weighted by atomic mass is 10.1. The van der Waals surface area contributed by atoms with Crippen molar-refractivity contribution in [2.75, 3.05) is 39.6 Å². The van der Waals surface area contributed by atoms with Gasteiger partial charge in [0, 0.05) is 19.3 Å². The molecule has 0 amide bonds. The highest BCUT2D eigenvalue weighted by atomic mass is 31.2. The van der Waals surface area contributed by atoms with Crippen LogP contribution in [0.3, 0.4) is 0 Å². The molecule has 0 aliphatic rings. The number of carbonyl (C=O) groups is 3. The molecule has 5 atom stereocenters. The monoisotopic (exact) mass is 1530 g/mol. The van der Waals surface area contributed by atoms with Gasteiger partial charge in [0.2, 0.25) is 0 Å². The quantitative estimate of drug-likeness (QED) is 0.0146. The Morgan fingerprint density at radius 1 is 0.262 bits per heavy atom. The van der Waals surface area contributed by atoms with Crippen LogP contribution >= 0.6 is 15.6 Å². The van der Waals surface area contributed by atoms with Gasteiger partial charge in [-0.05, 0) is 161 Å². The average Bonchev–Trinajstić information content (AvgIpc) is 0.908. The topological polar surface area (TPSA) is 231 Å². The van der Waals surface area contributed by atoms with Crippen LogP contribution in [0.2, 0.25) is 0 Å². The zero-order valence-electron chi connectivity index (χ0n) is 66.0. The maximum Gasteiger partial charge on any atom is 0.472 e. The van der Waals surface area contributed by atoms with Gasteiger partial charge in [0.1, 0.15) is 25.4 Å². The molecule has 0 aliphatic carbocycles. The van der Waals surface area contributed by atoms with E-state index in [4.69, 9.17) is 32.3 Å². The molecular weight excluding hydrogens is 1390 g/mol. The molecule has 0 radical (unpaired) electrons. The maximum absolute atomic E-state index is 13.0. The molecule has 0 aromatic heterocycles. The van der Waals surface area contributed by atoms with Crippen LogP contribution in [0.4, 0.5) is 0 Å². The van der Waals surface area contributed by atoms with Gasteiger partial charge in [-0.2, -0.15) is 0 Å². The van der Waals surface area contributed by atoms with Gasteiger partial charge in [-0.15, -0.1) is 0 Å². The van der Waals surface area contributed by atoms with Crippen LogP contribution in [0.25, 0.3) is 0 Å². The smallest absolute Gasteiger partial charge is 0.463 e. The zero-order valence-corrected chi connectivity index (χ0v) is 67.8. The van der Waals surface area contributed by atoms with Gasteiger partial charge in [-0.1, -0.05) is 304 Å². The Labute approximate surface area is 648 Å². The fourth-order valence-electron chi connectivity index (χ4n) is 9.97. The summed E-state index contributed by atoms with van der Waals surface area (Å²) in [7, 11) is -9.84. The van der Waals surface area contributed by atoms with Crippen molar-refractivity contribution in [2.24, 2.45) is 0 Å². The molecule has 0 bridgehead atoms. The van der Waals surface area contributed by atoms with Crippen LogP contribution in [-0.4, -0.2) is 95.9 Å². The molecular formula is C89H142O16P2. The first kappa shape index (κ1) is 101. The average molecular weight is 1530 g/mol. The lowest BCUT2D eigenvalue weighted by molar-refractivity contribution is -0.161. The van der Waals surface area contributed by atoms with E-state index in [-0.39, 0.29) is 19.3 Å². The highest BCUT2D eigenvalue weighted by Gasteiger charge is 2.29. The number of hydrogen-bond acceptors (Lipinski definition) is 14. The Hall–Kier alpha value is -5.87. The summed E-state index contributed by atoms with van der Waals surface area (Å²) in [5.41, 5.74) is 0. The van der Waals surface area contributed by atoms with E-state index in [1.807, 2.05) is 12.2 Å². The Kier molecular flexibility index (Phi) is 75.3. The fraction of sp³-hybridized carbons (Fsp3) is 0.584. The molecule has 0 heterocycles. The van der Waals surface area contributed by atoms with Gasteiger partial charge in [-0.25, -0.2) is 9.13 Å². The minimum absolute atomic E-state index is 0.0158. The van der Waals surface area contributed by atoms with Crippen LogP contribution in [0.1, 0.15) is 278 Å². The summed E-state index contributed by atoms with van der Waals surface area (Å²) < 4.78 is 61.1. The standard InChI is InChI=1S/C89H142O16P2/c1-4-7-10-13-16-19-22-25-28-31-33-35-37-39-41-43-45-47-49-52-54-57-60-63-66-69-72-75-87(92)99-78-84(90)79-101-106(95,96)102-80-85(91)81-103-107(97,98)104-83-86(105-89(94)77-74-71-68-65-62-59-56-51-30-27-24-21-18-15-12-9-6-3)82-100-88(93)76-73-70-67-64-61-58-55-53-50-48-46-44-42-40-38-36-34-32-29-26-23-20-17-14-11-8-5-2/h7-12,16-21,25-30,33-36,39-42,45-48,56,59,65,68,84-86,90-91H,4-6,13-15,22-24,31-32,37-38,43-44,49-55,57-58,60-64,66-67,69-83H2,1-3H3,(H,95,96)(H,97,98)/b10-7-,11-8-,12-9-,19-16-,20-17-,21-18-,28-25-,29-26-,30-27-,35-33-,36-34-,41-39-,42-40-,47-45-,48-46-,59-56-,68-65-. The van der Waals surface area contributed by atoms with Crippen LogP contribution in [-0.2, 0) is 55.8 Å². The highest BCUT2D eigenvalue weighted by molar-refractivity contribution is 7.47. The lowest BCUT2D eigenvalue weighted by Crippen LogP contribution is -2.30. The van der Waals surface area contributed by atoms with Gasteiger partial charge >= 0.3 is 33.6 Å². The molecule has 18 heteroatoms. The predicted octanol–water partition coefficient (Wildman–Crippen LogP) is 24.1. The molecule has 0 saturated heterocycles. The number of aliphatic hydroxyl groups is 2. The summed E-state index contributed by atoms with van der Waals surface area (Å²) in [6.45, 7) is 2.23. The molecule has 107 heavy (non-hydrogen) atoms. The van der Waals surface area contributed by atoms with Crippen LogP contribution in [0.15, 0.2) is 207 Å². The van der Waals surface area contributed by atoms with Crippen molar-refractivity contribution in [2.45, 2.75) is 296 Å². The third-order valence-corrected chi connectivity index (χ3v) is 17.9. The summed E-state index contributed by atoms with van der Waals surface area (Å²) in [4.78, 5) is 58.7. The molecule has 0 fully saturated rings. The molecule has 0 aliphatic heterocycles. The van der Waals surface area contributed by atoms with Crippen molar-refractivity contribution in [3.8, 4) is 0 Å². The van der Waals surface area contributed by atoms with Crippen molar-refractivity contribution in [3.63, 3.8) is 0 Å². The van der Waals surface area contributed by atoms with Crippen LogP contribution in [0.5, 0.6) is 0 Å². The number of phosphoric acid groups is 2. The molecule has 0 aromatic carbocycles. The highest BCUT2D eigenvalue weighted by Crippen LogP contribution is 2.45. The number of esters is 3. The first-order valence-corrected chi connectivity index (χ1v) is 43.4. The fourth-order valence-corrected chi connectivity index (χ4v) is 11.6. The van der Waals surface area contributed by atoms with Gasteiger partial charge in [-0.3, -0.25) is 32.5 Å². The first-order chi connectivity index (χ1) is 52.2. The summed E-state index contributed by atoms with van der Waals surface area (Å²) >= 11 is 0. The number of aliphatic hydroxyl groups excluding tert-OH is 2. The largest absolute Gasteiger partial charge is 0.472 e. The normalized spacial score (nSPS) is 15.0. The molecule has 5 unspecified atom stereocenters. The lowest BCUT2D eigenvalue weighted by Gasteiger charge is -2.21. The number of unbranched alkanes of at least 4 members (excludes halogenated alkanes) is 17. The molecule has 16 nitrogen and oxygen atoms in total. The van der Waals surface area contributed by atoms with E-state index in [2.05, 4.69) is 215 Å². The molecule has 604 valence electrons. The second-order valence-electron chi connectivity index (χ2n) is 26.1. The molecule has 0 saturated carbocycles. The molecule has 0 aromatic rings. The number of carbonyl (C=O) groups excluding carboxylic acids is 3. The van der Waals surface area contributed by atoms with Gasteiger partial charge < -0.3 is 34.2 Å². The third-order valence-electron chi connectivity index (χ3n) is 16.0. The van der Waals surface area contributed by atoms with Crippen LogP contribution in [0, 0.1) is 0 Å². The van der Waals surface area contributed by atoms with E-state index in [1.54, 1.807) is 0 Å². The van der Waals surface area contributed by atoms with E-state index in [0.717, 1.165) is 186 Å².